The molecule has 4 nitrogen and oxygen atoms in total. The lowest BCUT2D eigenvalue weighted by Crippen LogP contribution is -2.04. The quantitative estimate of drug-likeness (QED) is 0.711. The molecule has 0 fully saturated rings. The number of nitrogens with zero attached hydrogens (tertiary/aromatic N) is 2. The zero-order valence-corrected chi connectivity index (χ0v) is 8.20. The van der Waals surface area contributed by atoms with Crippen molar-refractivity contribution < 1.29 is 9.42 Å². The van der Waals surface area contributed by atoms with Gasteiger partial charge in [-0.3, -0.25) is 4.79 Å². The molecule has 0 atom stereocenters. The molecule has 0 aromatic carbocycles. The molecule has 1 aromatic rings. The Kier molecular flexibility index (Phi) is 3.17. The first-order valence-electron chi connectivity index (χ1n) is 4.48. The van der Waals surface area contributed by atoms with Crippen molar-refractivity contribution in [3.8, 4) is 0 Å². The second-order valence-corrected chi connectivity index (χ2v) is 3.32. The molecular formula is C9H14N2O2. The number of Topliss-reactive ketones (excluding diaryl/α,β-unsaturated/α-hetero) is 1. The number of aromatic nitrogens is 2. The van der Waals surface area contributed by atoms with E-state index in [9.17, 15) is 4.79 Å². The standard InChI is InChI=1S/C9H14N2O2/c1-4-7(12)5-8-9(6(2)3)11-13-10-8/h6H,4-5H2,1-3H3. The highest BCUT2D eigenvalue weighted by Gasteiger charge is 2.15. The van der Waals surface area contributed by atoms with Crippen molar-refractivity contribution in [1.82, 2.24) is 10.3 Å². The summed E-state index contributed by atoms with van der Waals surface area (Å²) in [5.41, 5.74) is 1.48. The van der Waals surface area contributed by atoms with Crippen molar-refractivity contribution in [3.63, 3.8) is 0 Å². The molecule has 1 heterocycles. The Labute approximate surface area is 77.3 Å². The van der Waals surface area contributed by atoms with Gasteiger partial charge in [-0.1, -0.05) is 31.1 Å². The van der Waals surface area contributed by atoms with Gasteiger partial charge in [-0.15, -0.1) is 0 Å². The van der Waals surface area contributed by atoms with E-state index >= 15 is 0 Å². The highest BCUT2D eigenvalue weighted by atomic mass is 16.6. The van der Waals surface area contributed by atoms with Crippen LogP contribution < -0.4 is 0 Å². The highest BCUT2D eigenvalue weighted by Crippen LogP contribution is 2.15. The molecule has 0 N–H and O–H groups in total. The Bertz CT molecular complexity index is 292. The summed E-state index contributed by atoms with van der Waals surface area (Å²) in [6.45, 7) is 5.84. The Morgan fingerprint density at radius 1 is 1.46 bits per heavy atom. The van der Waals surface area contributed by atoms with Crippen LogP contribution in [0, 0.1) is 0 Å². The fourth-order valence-corrected chi connectivity index (χ4v) is 1.09. The fourth-order valence-electron chi connectivity index (χ4n) is 1.09. The Hall–Kier alpha value is -1.19. The van der Waals surface area contributed by atoms with Crippen LogP contribution in [0.3, 0.4) is 0 Å². The Balaban J connectivity index is 2.76. The summed E-state index contributed by atoms with van der Waals surface area (Å²) in [4.78, 5) is 11.1. The first-order chi connectivity index (χ1) is 6.15. The predicted octanol–water partition coefficient (Wildman–Crippen LogP) is 1.71. The lowest BCUT2D eigenvalue weighted by atomic mass is 10.0. The van der Waals surface area contributed by atoms with Crippen LogP contribution in [0.2, 0.25) is 0 Å². The summed E-state index contributed by atoms with van der Waals surface area (Å²) >= 11 is 0. The smallest absolute Gasteiger partial charge is 0.138 e. The van der Waals surface area contributed by atoms with Crippen LogP contribution in [-0.2, 0) is 11.2 Å². The van der Waals surface area contributed by atoms with E-state index in [2.05, 4.69) is 14.9 Å². The van der Waals surface area contributed by atoms with Crippen molar-refractivity contribution in [2.24, 2.45) is 0 Å². The normalized spacial score (nSPS) is 10.8. The number of hydrogen-bond donors (Lipinski definition) is 0. The second-order valence-electron chi connectivity index (χ2n) is 3.32. The number of carbonyl (C=O) groups excluding carboxylic acids is 1. The molecule has 0 saturated heterocycles. The molecule has 0 saturated carbocycles. The van der Waals surface area contributed by atoms with Gasteiger partial charge in [-0.25, -0.2) is 4.63 Å². The van der Waals surface area contributed by atoms with E-state index in [4.69, 9.17) is 0 Å². The molecule has 0 unspecified atom stereocenters. The molecule has 0 radical (unpaired) electrons. The first kappa shape index (κ1) is 9.89. The maximum absolute atomic E-state index is 11.1. The molecule has 0 amide bonds. The molecule has 0 spiro atoms. The maximum Gasteiger partial charge on any atom is 0.138 e. The van der Waals surface area contributed by atoms with Gasteiger partial charge < -0.3 is 0 Å². The molecule has 0 aliphatic heterocycles. The van der Waals surface area contributed by atoms with Crippen LogP contribution in [0.15, 0.2) is 4.63 Å². The topological polar surface area (TPSA) is 56.0 Å². The molecule has 1 rings (SSSR count). The summed E-state index contributed by atoms with van der Waals surface area (Å²) in [6, 6.07) is 0. The van der Waals surface area contributed by atoms with E-state index in [0.717, 1.165) is 5.69 Å². The van der Waals surface area contributed by atoms with Gasteiger partial charge in [0.2, 0.25) is 0 Å². The number of carbonyl (C=O) groups is 1. The lowest BCUT2D eigenvalue weighted by Gasteiger charge is -1.99. The SMILES string of the molecule is CCC(=O)Cc1nonc1C(C)C. The summed E-state index contributed by atoms with van der Waals surface area (Å²) in [7, 11) is 0. The van der Waals surface area contributed by atoms with E-state index in [0.29, 0.717) is 18.5 Å². The summed E-state index contributed by atoms with van der Waals surface area (Å²) < 4.78 is 4.60. The molecule has 13 heavy (non-hydrogen) atoms. The highest BCUT2D eigenvalue weighted by molar-refractivity contribution is 5.80. The third-order valence-corrected chi connectivity index (χ3v) is 1.89. The van der Waals surface area contributed by atoms with Crippen molar-refractivity contribution in [2.75, 3.05) is 0 Å². The maximum atomic E-state index is 11.1. The molecule has 0 aliphatic rings. The number of ketones is 1. The van der Waals surface area contributed by atoms with Crippen LogP contribution >= 0.6 is 0 Å². The average molecular weight is 182 g/mol. The van der Waals surface area contributed by atoms with Gasteiger partial charge in [0.15, 0.2) is 0 Å². The van der Waals surface area contributed by atoms with Gasteiger partial charge in [0, 0.05) is 12.3 Å². The number of rotatable bonds is 4. The molecular weight excluding hydrogens is 168 g/mol. The minimum atomic E-state index is 0.164. The van der Waals surface area contributed by atoms with E-state index in [1.165, 1.54) is 0 Å². The Morgan fingerprint density at radius 2 is 2.15 bits per heavy atom. The largest absolute Gasteiger partial charge is 0.299 e. The second kappa shape index (κ2) is 4.16. The first-order valence-corrected chi connectivity index (χ1v) is 4.48. The predicted molar refractivity (Wildman–Crippen MR) is 47.4 cm³/mol. The van der Waals surface area contributed by atoms with Crippen LogP contribution in [0.4, 0.5) is 0 Å². The van der Waals surface area contributed by atoms with Crippen LogP contribution in [0.5, 0.6) is 0 Å². The minimum Gasteiger partial charge on any atom is -0.299 e. The summed E-state index contributed by atoms with van der Waals surface area (Å²) in [5.74, 6) is 0.420. The summed E-state index contributed by atoms with van der Waals surface area (Å²) in [5, 5.41) is 7.48. The van der Waals surface area contributed by atoms with Crippen molar-refractivity contribution in [1.29, 1.82) is 0 Å². The molecule has 0 bridgehead atoms. The number of hydrogen-bond acceptors (Lipinski definition) is 4. The van der Waals surface area contributed by atoms with E-state index < -0.39 is 0 Å². The van der Waals surface area contributed by atoms with Crippen LogP contribution in [-0.4, -0.2) is 16.1 Å². The molecule has 1 aromatic heterocycles. The van der Waals surface area contributed by atoms with E-state index in [-0.39, 0.29) is 11.7 Å². The van der Waals surface area contributed by atoms with Gasteiger partial charge in [-0.05, 0) is 0 Å². The van der Waals surface area contributed by atoms with Gasteiger partial charge in [-0.2, -0.15) is 0 Å². The van der Waals surface area contributed by atoms with Crippen molar-refractivity contribution in [3.05, 3.63) is 11.4 Å². The Morgan fingerprint density at radius 3 is 2.69 bits per heavy atom. The van der Waals surface area contributed by atoms with Crippen LogP contribution in [0.1, 0.15) is 44.5 Å². The molecule has 4 heteroatoms. The van der Waals surface area contributed by atoms with Crippen LogP contribution in [0.25, 0.3) is 0 Å². The third-order valence-electron chi connectivity index (χ3n) is 1.89. The van der Waals surface area contributed by atoms with E-state index in [1.807, 2.05) is 20.8 Å². The zero-order valence-electron chi connectivity index (χ0n) is 8.20. The summed E-state index contributed by atoms with van der Waals surface area (Å²) in [6.07, 6.45) is 0.873. The third kappa shape index (κ3) is 2.37. The van der Waals surface area contributed by atoms with Gasteiger partial charge in [0.1, 0.15) is 17.2 Å². The fraction of sp³-hybridized carbons (Fsp3) is 0.667. The average Bonchev–Trinajstić information content (AvgIpc) is 2.52. The van der Waals surface area contributed by atoms with Gasteiger partial charge >= 0.3 is 0 Å². The van der Waals surface area contributed by atoms with Crippen molar-refractivity contribution in [2.45, 2.75) is 39.5 Å². The van der Waals surface area contributed by atoms with Gasteiger partial charge in [0.05, 0.1) is 6.42 Å². The van der Waals surface area contributed by atoms with Gasteiger partial charge in [0.25, 0.3) is 0 Å². The molecule has 0 aliphatic carbocycles. The monoisotopic (exact) mass is 182 g/mol. The van der Waals surface area contributed by atoms with E-state index in [1.54, 1.807) is 0 Å². The molecule has 72 valence electrons. The zero-order chi connectivity index (χ0) is 9.84. The minimum absolute atomic E-state index is 0.164. The van der Waals surface area contributed by atoms with Crippen molar-refractivity contribution >= 4 is 5.78 Å². The lowest BCUT2D eigenvalue weighted by molar-refractivity contribution is -0.118.